The number of nitrogens with zero attached hydrogens (tertiary/aromatic N) is 1. The Kier molecular flexibility index (Phi) is 5.61. The monoisotopic (exact) mass is 382 g/mol. The van der Waals surface area contributed by atoms with Gasteiger partial charge in [-0.05, 0) is 49.1 Å². The number of benzene rings is 1. The lowest BCUT2D eigenvalue weighted by Crippen LogP contribution is -2.23. The molecule has 0 unspecified atom stereocenters. The van der Waals surface area contributed by atoms with Crippen LogP contribution in [0.15, 0.2) is 47.8 Å². The van der Waals surface area contributed by atoms with Crippen molar-refractivity contribution in [2.45, 2.75) is 26.9 Å². The van der Waals surface area contributed by atoms with Gasteiger partial charge in [0.05, 0.1) is 12.1 Å². The summed E-state index contributed by atoms with van der Waals surface area (Å²) in [7, 11) is 0. The molecule has 0 fully saturated rings. The predicted molar refractivity (Wildman–Crippen MR) is 108 cm³/mol. The molecule has 3 amide bonds. The zero-order valence-electron chi connectivity index (χ0n) is 15.3. The predicted octanol–water partition coefficient (Wildman–Crippen LogP) is 3.64. The van der Waals surface area contributed by atoms with Gasteiger partial charge in [0.15, 0.2) is 0 Å². The van der Waals surface area contributed by atoms with Crippen LogP contribution in [0.5, 0.6) is 0 Å². The number of primary amides is 1. The second kappa shape index (κ2) is 8.09. The van der Waals surface area contributed by atoms with Crippen LogP contribution >= 0.6 is 11.3 Å². The first kappa shape index (κ1) is 18.7. The van der Waals surface area contributed by atoms with Crippen molar-refractivity contribution in [2.75, 3.05) is 5.32 Å². The smallest absolute Gasteiger partial charge is 0.316 e. The number of hydrogen-bond acceptors (Lipinski definition) is 3. The molecule has 0 saturated carbocycles. The molecule has 4 N–H and O–H groups in total. The Labute approximate surface area is 162 Å². The molecule has 3 aromatic rings. The van der Waals surface area contributed by atoms with Crippen molar-refractivity contribution in [1.82, 2.24) is 9.88 Å². The minimum Gasteiger partial charge on any atom is -0.351 e. The highest BCUT2D eigenvalue weighted by Crippen LogP contribution is 2.19. The van der Waals surface area contributed by atoms with E-state index in [1.807, 2.05) is 38.1 Å². The topological polar surface area (TPSA) is 89.2 Å². The van der Waals surface area contributed by atoms with E-state index < -0.39 is 6.03 Å². The van der Waals surface area contributed by atoms with E-state index in [-0.39, 0.29) is 5.91 Å². The summed E-state index contributed by atoms with van der Waals surface area (Å²) < 4.78 is 2.16. The van der Waals surface area contributed by atoms with Crippen molar-refractivity contribution >= 4 is 29.0 Å². The zero-order valence-corrected chi connectivity index (χ0v) is 16.1. The molecule has 0 aliphatic rings. The lowest BCUT2D eigenvalue weighted by atomic mass is 10.2. The number of hydrogen-bond donors (Lipinski definition) is 3. The minimum atomic E-state index is -0.603. The molecule has 2 heterocycles. The average Bonchev–Trinajstić information content (AvgIpc) is 3.24. The van der Waals surface area contributed by atoms with Gasteiger partial charge in [0.25, 0.3) is 5.91 Å². The number of urea groups is 1. The van der Waals surface area contributed by atoms with E-state index in [1.165, 1.54) is 4.88 Å². The summed E-state index contributed by atoms with van der Waals surface area (Å²) in [6, 6.07) is 12.6. The number of aromatic nitrogens is 1. The maximum absolute atomic E-state index is 12.6. The Balaban J connectivity index is 1.65. The van der Waals surface area contributed by atoms with Crippen molar-refractivity contribution in [3.63, 3.8) is 0 Å². The molecule has 140 valence electrons. The fourth-order valence-electron chi connectivity index (χ4n) is 2.96. The van der Waals surface area contributed by atoms with Gasteiger partial charge in [0.1, 0.15) is 0 Å². The molecule has 0 atom stereocenters. The van der Waals surface area contributed by atoms with Crippen LogP contribution in [0.25, 0.3) is 0 Å². The van der Waals surface area contributed by atoms with Crippen LogP contribution in [0, 0.1) is 13.8 Å². The standard InChI is InChI=1S/C20H22N4O2S/c1-13-10-18(14(2)24(13)12-17-4-3-9-27-17)19(25)22-11-15-5-7-16(8-6-15)23-20(21)26/h3-10H,11-12H2,1-2H3,(H,22,25)(H3,21,23,26). The molecule has 1 aromatic carbocycles. The summed E-state index contributed by atoms with van der Waals surface area (Å²) in [5, 5.41) is 7.52. The molecule has 0 bridgehead atoms. The summed E-state index contributed by atoms with van der Waals surface area (Å²) in [4.78, 5) is 24.7. The van der Waals surface area contributed by atoms with E-state index in [0.29, 0.717) is 17.8 Å². The zero-order chi connectivity index (χ0) is 19.4. The fourth-order valence-corrected chi connectivity index (χ4v) is 3.65. The summed E-state index contributed by atoms with van der Waals surface area (Å²) >= 11 is 1.71. The number of thiophene rings is 1. The quantitative estimate of drug-likeness (QED) is 0.608. The molecule has 3 rings (SSSR count). The number of anilines is 1. The third-order valence-corrected chi connectivity index (χ3v) is 5.25. The van der Waals surface area contributed by atoms with Crippen molar-refractivity contribution in [3.05, 3.63) is 75.2 Å². The molecule has 27 heavy (non-hydrogen) atoms. The Morgan fingerprint density at radius 3 is 2.52 bits per heavy atom. The third-order valence-electron chi connectivity index (χ3n) is 4.39. The van der Waals surface area contributed by atoms with Crippen molar-refractivity contribution < 1.29 is 9.59 Å². The highest BCUT2D eigenvalue weighted by atomic mass is 32.1. The lowest BCUT2D eigenvalue weighted by molar-refractivity contribution is 0.0950. The van der Waals surface area contributed by atoms with Gasteiger partial charge in [-0.15, -0.1) is 11.3 Å². The van der Waals surface area contributed by atoms with E-state index in [4.69, 9.17) is 5.73 Å². The van der Waals surface area contributed by atoms with Crippen molar-refractivity contribution in [2.24, 2.45) is 5.73 Å². The van der Waals surface area contributed by atoms with Gasteiger partial charge in [0, 0.05) is 28.5 Å². The van der Waals surface area contributed by atoms with E-state index in [2.05, 4.69) is 26.6 Å². The van der Waals surface area contributed by atoms with Crippen molar-refractivity contribution in [1.29, 1.82) is 0 Å². The Hall–Kier alpha value is -3.06. The van der Waals surface area contributed by atoms with Gasteiger partial charge in [-0.2, -0.15) is 0 Å². The molecule has 6 nitrogen and oxygen atoms in total. The van der Waals surface area contributed by atoms with Crippen LogP contribution in [0.1, 0.15) is 32.2 Å². The molecule has 0 aliphatic carbocycles. The number of nitrogens with two attached hydrogens (primary N) is 1. The first-order valence-corrected chi connectivity index (χ1v) is 9.44. The molecule has 2 aromatic heterocycles. The Morgan fingerprint density at radius 1 is 1.15 bits per heavy atom. The van der Waals surface area contributed by atoms with Crippen molar-refractivity contribution in [3.8, 4) is 0 Å². The molecule has 7 heteroatoms. The molecule has 0 spiro atoms. The number of nitrogens with one attached hydrogen (secondary N) is 2. The third kappa shape index (κ3) is 4.57. The highest BCUT2D eigenvalue weighted by molar-refractivity contribution is 7.09. The maximum atomic E-state index is 12.6. The molecule has 0 aliphatic heterocycles. The number of rotatable bonds is 6. The van der Waals surface area contributed by atoms with E-state index in [1.54, 1.807) is 23.5 Å². The van der Waals surface area contributed by atoms with Crippen LogP contribution in [-0.4, -0.2) is 16.5 Å². The summed E-state index contributed by atoms with van der Waals surface area (Å²) in [5.41, 5.74) is 9.36. The van der Waals surface area contributed by atoms with Gasteiger partial charge in [0.2, 0.25) is 0 Å². The van der Waals surface area contributed by atoms with E-state index in [9.17, 15) is 9.59 Å². The summed E-state index contributed by atoms with van der Waals surface area (Å²) in [6.07, 6.45) is 0. The number of aryl methyl sites for hydroxylation is 1. The first-order chi connectivity index (χ1) is 12.9. The minimum absolute atomic E-state index is 0.0973. The lowest BCUT2D eigenvalue weighted by Gasteiger charge is -2.09. The van der Waals surface area contributed by atoms with Gasteiger partial charge in [-0.25, -0.2) is 4.79 Å². The van der Waals surface area contributed by atoms with Gasteiger partial charge < -0.3 is 20.9 Å². The fraction of sp³-hybridized carbons (Fsp3) is 0.200. The van der Waals surface area contributed by atoms with Crippen LogP contribution < -0.4 is 16.4 Å². The largest absolute Gasteiger partial charge is 0.351 e. The van der Waals surface area contributed by atoms with Crippen LogP contribution in [0.3, 0.4) is 0 Å². The second-order valence-corrected chi connectivity index (χ2v) is 7.35. The molecule has 0 saturated heterocycles. The van der Waals surface area contributed by atoms with Crippen LogP contribution in [-0.2, 0) is 13.1 Å². The van der Waals surface area contributed by atoms with Gasteiger partial charge in [-0.3, -0.25) is 4.79 Å². The number of carbonyl (C=O) groups excluding carboxylic acids is 2. The molecule has 0 radical (unpaired) electrons. The highest BCUT2D eigenvalue weighted by Gasteiger charge is 2.16. The maximum Gasteiger partial charge on any atom is 0.316 e. The SMILES string of the molecule is Cc1cc(C(=O)NCc2ccc(NC(N)=O)cc2)c(C)n1Cc1cccs1. The van der Waals surface area contributed by atoms with E-state index >= 15 is 0 Å². The summed E-state index contributed by atoms with van der Waals surface area (Å²) in [5.74, 6) is -0.0973. The number of amides is 3. The number of carbonyl (C=O) groups is 2. The molecular weight excluding hydrogens is 360 g/mol. The average molecular weight is 382 g/mol. The van der Waals surface area contributed by atoms with E-state index in [0.717, 1.165) is 23.5 Å². The summed E-state index contributed by atoms with van der Waals surface area (Å²) in [6.45, 7) is 5.17. The van der Waals surface area contributed by atoms with Crippen LogP contribution in [0.2, 0.25) is 0 Å². The Morgan fingerprint density at radius 2 is 1.89 bits per heavy atom. The first-order valence-electron chi connectivity index (χ1n) is 8.56. The van der Waals surface area contributed by atoms with Gasteiger partial charge in [-0.1, -0.05) is 18.2 Å². The second-order valence-electron chi connectivity index (χ2n) is 6.32. The Bertz CT molecular complexity index is 943. The molecular formula is C20H22N4O2S. The van der Waals surface area contributed by atoms with Gasteiger partial charge >= 0.3 is 6.03 Å². The normalized spacial score (nSPS) is 10.6. The van der Waals surface area contributed by atoms with Crippen LogP contribution in [0.4, 0.5) is 10.5 Å².